The van der Waals surface area contributed by atoms with Crippen molar-refractivity contribution >= 4 is 33.7 Å². The standard InChI is InChI=1S/C21H18ClFN4O3S/c22-18-7-9-19(10-8-18)31(29,30)27(14-17-5-1-2-6-20(17)23)15-21(28)26-25-13-16-4-3-11-24-12-16/h1-13H,14-15H2,(H,26,28)/b25-13-. The van der Waals surface area contributed by atoms with Gasteiger partial charge in [-0.2, -0.15) is 9.41 Å². The lowest BCUT2D eigenvalue weighted by atomic mass is 10.2. The van der Waals surface area contributed by atoms with Crippen LogP contribution in [0.25, 0.3) is 0 Å². The Hall–Kier alpha value is -3.14. The molecule has 1 amide bonds. The summed E-state index contributed by atoms with van der Waals surface area (Å²) in [4.78, 5) is 16.2. The minimum Gasteiger partial charge on any atom is -0.272 e. The van der Waals surface area contributed by atoms with Gasteiger partial charge < -0.3 is 0 Å². The molecule has 160 valence electrons. The molecule has 0 aliphatic heterocycles. The van der Waals surface area contributed by atoms with E-state index >= 15 is 0 Å². The molecule has 3 rings (SSSR count). The van der Waals surface area contributed by atoms with E-state index in [2.05, 4.69) is 15.5 Å². The first-order valence-electron chi connectivity index (χ1n) is 9.07. The Morgan fingerprint density at radius 2 is 1.87 bits per heavy atom. The maximum atomic E-state index is 14.2. The van der Waals surface area contributed by atoms with Gasteiger partial charge in [-0.25, -0.2) is 18.2 Å². The van der Waals surface area contributed by atoms with E-state index in [9.17, 15) is 17.6 Å². The van der Waals surface area contributed by atoms with Crippen molar-refractivity contribution in [2.75, 3.05) is 6.54 Å². The van der Waals surface area contributed by atoms with E-state index in [4.69, 9.17) is 11.6 Å². The van der Waals surface area contributed by atoms with Gasteiger partial charge in [-0.15, -0.1) is 0 Å². The van der Waals surface area contributed by atoms with Crippen molar-refractivity contribution in [3.8, 4) is 0 Å². The summed E-state index contributed by atoms with van der Waals surface area (Å²) < 4.78 is 41.3. The minimum absolute atomic E-state index is 0.0695. The van der Waals surface area contributed by atoms with Gasteiger partial charge in [0.25, 0.3) is 5.91 Å². The van der Waals surface area contributed by atoms with E-state index in [-0.39, 0.29) is 17.0 Å². The number of hydrogen-bond acceptors (Lipinski definition) is 5. The molecule has 0 bridgehead atoms. The average molecular weight is 461 g/mol. The molecule has 3 aromatic rings. The Morgan fingerprint density at radius 3 is 2.55 bits per heavy atom. The number of carbonyl (C=O) groups excluding carboxylic acids is 1. The van der Waals surface area contributed by atoms with Crippen LogP contribution >= 0.6 is 11.6 Å². The highest BCUT2D eigenvalue weighted by Crippen LogP contribution is 2.21. The van der Waals surface area contributed by atoms with Crippen molar-refractivity contribution < 1.29 is 17.6 Å². The van der Waals surface area contributed by atoms with Gasteiger partial charge in [0.2, 0.25) is 10.0 Å². The van der Waals surface area contributed by atoms with E-state index in [1.807, 2.05) is 0 Å². The maximum Gasteiger partial charge on any atom is 0.255 e. The van der Waals surface area contributed by atoms with Crippen molar-refractivity contribution in [2.45, 2.75) is 11.4 Å². The molecule has 1 heterocycles. The van der Waals surface area contributed by atoms with Gasteiger partial charge in [0.15, 0.2) is 0 Å². The summed E-state index contributed by atoms with van der Waals surface area (Å²) in [6.45, 7) is -0.902. The average Bonchev–Trinajstić information content (AvgIpc) is 2.76. The Labute approximate surface area is 184 Å². The molecular formula is C21H18ClFN4O3S. The number of nitrogens with zero attached hydrogens (tertiary/aromatic N) is 3. The third-order valence-corrected chi connectivity index (χ3v) is 6.22. The van der Waals surface area contributed by atoms with Crippen molar-refractivity contribution in [1.82, 2.24) is 14.7 Å². The zero-order chi connectivity index (χ0) is 22.3. The molecule has 0 radical (unpaired) electrons. The Kier molecular flexibility index (Phi) is 7.45. The number of pyridine rings is 1. The highest BCUT2D eigenvalue weighted by atomic mass is 35.5. The smallest absolute Gasteiger partial charge is 0.255 e. The first-order chi connectivity index (χ1) is 14.9. The van der Waals surface area contributed by atoms with E-state index in [1.54, 1.807) is 30.6 Å². The lowest BCUT2D eigenvalue weighted by Gasteiger charge is -2.21. The fraction of sp³-hybridized carbons (Fsp3) is 0.0952. The second kappa shape index (κ2) is 10.3. The van der Waals surface area contributed by atoms with Crippen LogP contribution < -0.4 is 5.43 Å². The largest absolute Gasteiger partial charge is 0.272 e. The normalized spacial score (nSPS) is 11.7. The summed E-state index contributed by atoms with van der Waals surface area (Å²) in [7, 11) is -4.12. The van der Waals surface area contributed by atoms with Gasteiger partial charge in [0.05, 0.1) is 17.7 Å². The first kappa shape index (κ1) is 22.5. The summed E-state index contributed by atoms with van der Waals surface area (Å²) in [5.74, 6) is -1.26. The van der Waals surface area contributed by atoms with Gasteiger partial charge in [-0.05, 0) is 36.4 Å². The molecule has 0 saturated carbocycles. The summed E-state index contributed by atoms with van der Waals surface area (Å²) in [6.07, 6.45) is 4.52. The number of hydrazone groups is 1. The van der Waals surface area contributed by atoms with Crippen LogP contribution in [0.4, 0.5) is 4.39 Å². The summed E-state index contributed by atoms with van der Waals surface area (Å²) >= 11 is 5.84. The maximum absolute atomic E-state index is 14.2. The molecule has 1 N–H and O–H groups in total. The molecule has 0 unspecified atom stereocenters. The number of benzene rings is 2. The number of sulfonamides is 1. The lowest BCUT2D eigenvalue weighted by Crippen LogP contribution is -2.39. The molecule has 1 aromatic heterocycles. The summed E-state index contributed by atoms with van der Waals surface area (Å²) in [5, 5.41) is 4.17. The fourth-order valence-corrected chi connectivity index (χ4v) is 4.13. The van der Waals surface area contributed by atoms with E-state index < -0.39 is 28.3 Å². The Bertz CT molecular complexity index is 1170. The van der Waals surface area contributed by atoms with Crippen LogP contribution in [0.5, 0.6) is 0 Å². The van der Waals surface area contributed by atoms with Crippen LogP contribution in [-0.2, 0) is 21.4 Å². The number of halogens is 2. The molecule has 0 aliphatic rings. The van der Waals surface area contributed by atoms with E-state index in [0.29, 0.717) is 10.6 Å². The van der Waals surface area contributed by atoms with Crippen LogP contribution in [0.3, 0.4) is 0 Å². The quantitative estimate of drug-likeness (QED) is 0.412. The highest BCUT2D eigenvalue weighted by Gasteiger charge is 2.27. The fourth-order valence-electron chi connectivity index (χ4n) is 2.62. The van der Waals surface area contributed by atoms with E-state index in [0.717, 1.165) is 4.31 Å². The molecule has 10 heteroatoms. The number of hydrogen-bond donors (Lipinski definition) is 1. The molecule has 0 spiro atoms. The van der Waals surface area contributed by atoms with Crippen LogP contribution in [-0.4, -0.2) is 36.4 Å². The topological polar surface area (TPSA) is 91.7 Å². The molecular weight excluding hydrogens is 443 g/mol. The van der Waals surface area contributed by atoms with Gasteiger partial charge in [-0.1, -0.05) is 35.9 Å². The van der Waals surface area contributed by atoms with Crippen LogP contribution in [0.2, 0.25) is 5.02 Å². The Morgan fingerprint density at radius 1 is 1.13 bits per heavy atom. The number of aromatic nitrogens is 1. The molecule has 7 nitrogen and oxygen atoms in total. The molecule has 2 aromatic carbocycles. The molecule has 0 aliphatic carbocycles. The van der Waals surface area contributed by atoms with Crippen molar-refractivity contribution in [2.24, 2.45) is 5.10 Å². The predicted molar refractivity (Wildman–Crippen MR) is 115 cm³/mol. The van der Waals surface area contributed by atoms with Crippen molar-refractivity contribution in [3.63, 3.8) is 0 Å². The first-order valence-corrected chi connectivity index (χ1v) is 10.9. The molecule has 31 heavy (non-hydrogen) atoms. The van der Waals surface area contributed by atoms with Crippen molar-refractivity contribution in [1.29, 1.82) is 0 Å². The number of nitrogens with one attached hydrogen (secondary N) is 1. The van der Waals surface area contributed by atoms with Gasteiger partial charge in [0.1, 0.15) is 5.82 Å². The lowest BCUT2D eigenvalue weighted by molar-refractivity contribution is -0.121. The van der Waals surface area contributed by atoms with Crippen molar-refractivity contribution in [3.05, 3.63) is 95.0 Å². The SMILES string of the molecule is O=C(CN(Cc1ccccc1F)S(=O)(=O)c1ccc(Cl)cc1)N/N=C\c1cccnc1. The zero-order valence-electron chi connectivity index (χ0n) is 16.2. The second-order valence-electron chi connectivity index (χ2n) is 6.40. The number of carbonyl (C=O) groups is 1. The molecule has 0 saturated heterocycles. The minimum atomic E-state index is -4.12. The zero-order valence-corrected chi connectivity index (χ0v) is 17.7. The number of amides is 1. The van der Waals surface area contributed by atoms with E-state index in [1.165, 1.54) is 48.7 Å². The van der Waals surface area contributed by atoms with Gasteiger partial charge in [-0.3, -0.25) is 9.78 Å². The third-order valence-electron chi connectivity index (χ3n) is 4.16. The van der Waals surface area contributed by atoms with Crippen LogP contribution in [0.15, 0.2) is 83.1 Å². The summed E-state index contributed by atoms with van der Waals surface area (Å²) in [5.41, 5.74) is 3.06. The number of rotatable bonds is 8. The second-order valence-corrected chi connectivity index (χ2v) is 8.77. The third kappa shape index (κ3) is 6.17. The van der Waals surface area contributed by atoms with Gasteiger partial charge >= 0.3 is 0 Å². The Balaban J connectivity index is 1.81. The van der Waals surface area contributed by atoms with Crippen LogP contribution in [0, 0.1) is 5.82 Å². The predicted octanol–water partition coefficient (Wildman–Crippen LogP) is 3.22. The molecule has 0 fully saturated rings. The highest BCUT2D eigenvalue weighted by molar-refractivity contribution is 7.89. The monoisotopic (exact) mass is 460 g/mol. The van der Waals surface area contributed by atoms with Crippen LogP contribution in [0.1, 0.15) is 11.1 Å². The van der Waals surface area contributed by atoms with Gasteiger partial charge in [0, 0.05) is 35.1 Å². The summed E-state index contributed by atoms with van der Waals surface area (Å²) in [6, 6.07) is 14.7. The molecule has 0 atom stereocenters.